The number of allylic oxidation sites excluding steroid dienone is 3. The maximum Gasteiger partial charge on any atom is 0.269 e. The van der Waals surface area contributed by atoms with Gasteiger partial charge in [-0.15, -0.1) is 11.8 Å². The molecule has 0 saturated carbocycles. The van der Waals surface area contributed by atoms with Crippen LogP contribution in [0.5, 0.6) is 0 Å². The van der Waals surface area contributed by atoms with Gasteiger partial charge in [0.05, 0.1) is 27.5 Å². The van der Waals surface area contributed by atoms with E-state index in [4.69, 9.17) is 0 Å². The van der Waals surface area contributed by atoms with Gasteiger partial charge in [-0.25, -0.2) is 0 Å². The molecule has 0 amide bonds. The Kier molecular flexibility index (Phi) is 6.15. The van der Waals surface area contributed by atoms with Gasteiger partial charge in [0.15, 0.2) is 5.78 Å². The number of carbonyl (C=O) groups is 1. The quantitative estimate of drug-likeness (QED) is 0.547. The molecule has 2 aromatic carbocycles. The summed E-state index contributed by atoms with van der Waals surface area (Å²) in [5.74, 6) is -0.0637. The summed E-state index contributed by atoms with van der Waals surface area (Å²) in [4.78, 5) is 22.9. The van der Waals surface area contributed by atoms with E-state index in [0.29, 0.717) is 27.6 Å². The molecule has 7 heteroatoms. The summed E-state index contributed by atoms with van der Waals surface area (Å²) in [6.07, 6.45) is 0. The number of Topliss-reactive ketones (excluding diaryl/α,β-unsaturated/α-hetero) is 1. The van der Waals surface area contributed by atoms with Crippen LogP contribution in [0.15, 0.2) is 76.5 Å². The fraction of sp³-hybridized carbons (Fsp3) is 0.182. The van der Waals surface area contributed by atoms with Crippen molar-refractivity contribution in [2.45, 2.75) is 25.5 Å². The van der Waals surface area contributed by atoms with E-state index < -0.39 is 10.8 Å². The first-order valence-corrected chi connectivity index (χ1v) is 9.95. The van der Waals surface area contributed by atoms with Crippen LogP contribution in [-0.2, 0) is 10.5 Å². The molecule has 1 atom stereocenters. The van der Waals surface area contributed by atoms with Crippen LogP contribution in [0, 0.1) is 21.4 Å². The average Bonchev–Trinajstić information content (AvgIpc) is 2.72. The van der Waals surface area contributed by atoms with Crippen LogP contribution >= 0.6 is 11.8 Å². The van der Waals surface area contributed by atoms with Crippen molar-refractivity contribution in [3.8, 4) is 6.07 Å². The smallest absolute Gasteiger partial charge is 0.269 e. The van der Waals surface area contributed by atoms with E-state index in [1.807, 2.05) is 43.3 Å². The fourth-order valence-electron chi connectivity index (χ4n) is 3.39. The van der Waals surface area contributed by atoms with Gasteiger partial charge >= 0.3 is 0 Å². The van der Waals surface area contributed by atoms with E-state index in [-0.39, 0.29) is 11.5 Å². The molecule has 29 heavy (non-hydrogen) atoms. The van der Waals surface area contributed by atoms with Gasteiger partial charge in [0.2, 0.25) is 0 Å². The number of thioether (sulfide) groups is 1. The number of nitro benzene ring substituents is 1. The van der Waals surface area contributed by atoms with Gasteiger partial charge in [-0.05, 0) is 25.0 Å². The number of hydrogen-bond acceptors (Lipinski definition) is 6. The highest BCUT2D eigenvalue weighted by Gasteiger charge is 2.32. The van der Waals surface area contributed by atoms with Crippen molar-refractivity contribution in [2.75, 3.05) is 0 Å². The maximum atomic E-state index is 12.3. The SMILES string of the molecule is CC(=O)C1=C(C)NC(SCc2cccc([N+](=O)[O-])c2)=C(C#N)[C@H]1c1ccccc1. The van der Waals surface area contributed by atoms with Crippen LogP contribution in [-0.4, -0.2) is 10.7 Å². The first-order chi connectivity index (χ1) is 13.9. The van der Waals surface area contributed by atoms with Crippen molar-refractivity contribution in [1.29, 1.82) is 5.26 Å². The second kappa shape index (κ2) is 8.76. The third-order valence-electron chi connectivity index (χ3n) is 4.66. The molecule has 0 unspecified atom stereocenters. The zero-order chi connectivity index (χ0) is 21.0. The normalized spacial score (nSPS) is 16.2. The minimum atomic E-state index is -0.437. The van der Waals surface area contributed by atoms with Crippen LogP contribution < -0.4 is 5.32 Å². The molecule has 0 fully saturated rings. The largest absolute Gasteiger partial charge is 0.353 e. The number of rotatable bonds is 6. The van der Waals surface area contributed by atoms with Crippen molar-refractivity contribution in [2.24, 2.45) is 0 Å². The summed E-state index contributed by atoms with van der Waals surface area (Å²) in [6, 6.07) is 18.2. The Labute approximate surface area is 173 Å². The minimum Gasteiger partial charge on any atom is -0.353 e. The number of hydrogen-bond donors (Lipinski definition) is 1. The van der Waals surface area contributed by atoms with Gasteiger partial charge < -0.3 is 5.32 Å². The number of carbonyl (C=O) groups excluding carboxylic acids is 1. The molecule has 0 spiro atoms. The molecular weight excluding hydrogens is 386 g/mol. The van der Waals surface area contributed by atoms with Crippen molar-refractivity contribution < 1.29 is 9.72 Å². The summed E-state index contributed by atoms with van der Waals surface area (Å²) >= 11 is 1.40. The number of dihydropyridines is 1. The second-order valence-electron chi connectivity index (χ2n) is 6.63. The first-order valence-electron chi connectivity index (χ1n) is 8.96. The molecule has 0 radical (unpaired) electrons. The monoisotopic (exact) mass is 405 g/mol. The Morgan fingerprint density at radius 3 is 2.59 bits per heavy atom. The van der Waals surface area contributed by atoms with Crippen LogP contribution in [0.4, 0.5) is 5.69 Å². The molecule has 0 aliphatic carbocycles. The van der Waals surface area contributed by atoms with E-state index in [1.54, 1.807) is 6.07 Å². The van der Waals surface area contributed by atoms with Gasteiger partial charge in [-0.1, -0.05) is 42.5 Å². The topological polar surface area (TPSA) is 96.0 Å². The molecular formula is C22H19N3O3S. The number of ketones is 1. The predicted octanol–water partition coefficient (Wildman–Crippen LogP) is 4.81. The molecule has 0 bridgehead atoms. The van der Waals surface area contributed by atoms with Gasteiger partial charge in [-0.2, -0.15) is 5.26 Å². The average molecular weight is 405 g/mol. The molecule has 146 valence electrons. The summed E-state index contributed by atoms with van der Waals surface area (Å²) in [5, 5.41) is 24.8. The van der Waals surface area contributed by atoms with Crippen molar-refractivity contribution in [1.82, 2.24) is 5.32 Å². The molecule has 0 aromatic heterocycles. The molecule has 6 nitrogen and oxygen atoms in total. The lowest BCUT2D eigenvalue weighted by atomic mass is 9.81. The standard InChI is InChI=1S/C22H19N3O3S/c1-14-20(15(2)26)21(17-8-4-3-5-9-17)19(12-23)22(24-14)29-13-16-7-6-10-18(11-16)25(27)28/h3-11,21,24H,13H2,1-2H3/t21-/m1/s1. The van der Waals surface area contributed by atoms with Gasteiger partial charge in [-0.3, -0.25) is 14.9 Å². The lowest BCUT2D eigenvalue weighted by molar-refractivity contribution is -0.384. The third kappa shape index (κ3) is 4.39. The van der Waals surface area contributed by atoms with E-state index in [2.05, 4.69) is 11.4 Å². The lowest BCUT2D eigenvalue weighted by Gasteiger charge is -2.29. The highest BCUT2D eigenvalue weighted by Crippen LogP contribution is 2.41. The van der Waals surface area contributed by atoms with Gasteiger partial charge in [0.25, 0.3) is 5.69 Å². The predicted molar refractivity (Wildman–Crippen MR) is 113 cm³/mol. The van der Waals surface area contributed by atoms with Gasteiger partial charge in [0.1, 0.15) is 0 Å². The molecule has 1 aliphatic rings. The number of nitriles is 1. The van der Waals surface area contributed by atoms with Crippen LogP contribution in [0.1, 0.15) is 30.9 Å². The van der Waals surface area contributed by atoms with Crippen LogP contribution in [0.3, 0.4) is 0 Å². The van der Waals surface area contributed by atoms with Crippen molar-refractivity contribution in [3.63, 3.8) is 0 Å². The van der Waals surface area contributed by atoms with Crippen molar-refractivity contribution >= 4 is 23.2 Å². The first kappa shape index (κ1) is 20.4. The van der Waals surface area contributed by atoms with Gasteiger partial charge in [0, 0.05) is 29.2 Å². The lowest BCUT2D eigenvalue weighted by Crippen LogP contribution is -2.27. The Morgan fingerprint density at radius 2 is 1.97 bits per heavy atom. The molecule has 1 aliphatic heterocycles. The minimum absolute atomic E-state index is 0.0336. The highest BCUT2D eigenvalue weighted by molar-refractivity contribution is 8.02. The Hall–Kier alpha value is -3.37. The zero-order valence-corrected chi connectivity index (χ0v) is 16.8. The summed E-state index contributed by atoms with van der Waals surface area (Å²) in [7, 11) is 0. The zero-order valence-electron chi connectivity index (χ0n) is 16.0. The molecule has 1 heterocycles. The summed E-state index contributed by atoms with van der Waals surface area (Å²) in [6.45, 7) is 3.33. The summed E-state index contributed by atoms with van der Waals surface area (Å²) in [5.41, 5.74) is 3.46. The fourth-order valence-corrected chi connectivity index (χ4v) is 4.42. The third-order valence-corrected chi connectivity index (χ3v) is 5.75. The maximum absolute atomic E-state index is 12.3. The molecule has 1 N–H and O–H groups in total. The number of nitro groups is 1. The van der Waals surface area contributed by atoms with E-state index in [1.165, 1.54) is 30.8 Å². The Morgan fingerprint density at radius 1 is 1.24 bits per heavy atom. The molecule has 0 saturated heterocycles. The number of nitrogens with zero attached hydrogens (tertiary/aromatic N) is 2. The number of nitrogens with one attached hydrogen (secondary N) is 1. The Bertz CT molecular complexity index is 1070. The van der Waals surface area contributed by atoms with E-state index in [9.17, 15) is 20.2 Å². The molecule has 3 rings (SSSR count). The number of benzene rings is 2. The summed E-state index contributed by atoms with van der Waals surface area (Å²) < 4.78 is 0. The van der Waals surface area contributed by atoms with Crippen molar-refractivity contribution in [3.05, 3.63) is 97.7 Å². The number of non-ortho nitro benzene ring substituents is 1. The van der Waals surface area contributed by atoms with E-state index >= 15 is 0 Å². The van der Waals surface area contributed by atoms with Crippen LogP contribution in [0.25, 0.3) is 0 Å². The highest BCUT2D eigenvalue weighted by atomic mass is 32.2. The van der Waals surface area contributed by atoms with E-state index in [0.717, 1.165) is 11.1 Å². The second-order valence-corrected chi connectivity index (χ2v) is 7.62. The van der Waals surface area contributed by atoms with Crippen LogP contribution in [0.2, 0.25) is 0 Å². The molecule has 2 aromatic rings. The Balaban J connectivity index is 1.97.